The van der Waals surface area contributed by atoms with Gasteiger partial charge in [0.05, 0.1) is 10.6 Å². The van der Waals surface area contributed by atoms with Crippen LogP contribution in [0.4, 0.5) is 0 Å². The third kappa shape index (κ3) is 2.07. The topological polar surface area (TPSA) is 40.5 Å². The van der Waals surface area contributed by atoms with E-state index in [1.54, 1.807) is 11.0 Å². The van der Waals surface area contributed by atoms with E-state index >= 15 is 0 Å². The van der Waals surface area contributed by atoms with Gasteiger partial charge in [0.1, 0.15) is 5.75 Å². The van der Waals surface area contributed by atoms with E-state index < -0.39 is 0 Å². The molecule has 1 heterocycles. The van der Waals surface area contributed by atoms with Gasteiger partial charge in [-0.05, 0) is 31.0 Å². The molecule has 0 atom stereocenters. The molecule has 0 radical (unpaired) electrons. The maximum Gasteiger partial charge on any atom is 0.255 e. The van der Waals surface area contributed by atoms with E-state index in [1.807, 2.05) is 0 Å². The summed E-state index contributed by atoms with van der Waals surface area (Å²) in [5.74, 6) is -0.0182. The summed E-state index contributed by atoms with van der Waals surface area (Å²) in [6.07, 6.45) is 2.09. The Morgan fingerprint density at radius 1 is 1.33 bits per heavy atom. The number of phenolic OH excluding ortho intramolecular Hbond substituents is 1. The van der Waals surface area contributed by atoms with Crippen molar-refractivity contribution in [3.8, 4) is 5.75 Å². The lowest BCUT2D eigenvalue weighted by atomic mass is 10.2. The second-order valence-corrected chi connectivity index (χ2v) is 4.07. The van der Waals surface area contributed by atoms with Crippen LogP contribution in [0, 0.1) is 0 Å². The summed E-state index contributed by atoms with van der Waals surface area (Å²) in [6, 6.07) is 4.44. The van der Waals surface area contributed by atoms with Gasteiger partial charge in [-0.2, -0.15) is 0 Å². The number of hydrogen-bond acceptors (Lipinski definition) is 2. The molecule has 0 spiro atoms. The molecule has 0 bridgehead atoms. The highest BCUT2D eigenvalue weighted by Crippen LogP contribution is 2.23. The zero-order valence-electron chi connectivity index (χ0n) is 8.24. The maximum atomic E-state index is 12.0. The SMILES string of the molecule is O=C(c1cc(O)ccc1Cl)N1CCCC1. The average molecular weight is 226 g/mol. The quantitative estimate of drug-likeness (QED) is 0.797. The Kier molecular flexibility index (Phi) is 2.82. The first-order valence-electron chi connectivity index (χ1n) is 4.96. The van der Waals surface area contributed by atoms with Crippen LogP contribution in [-0.4, -0.2) is 29.0 Å². The van der Waals surface area contributed by atoms with Crippen LogP contribution in [0.2, 0.25) is 5.02 Å². The number of likely N-dealkylation sites (tertiary alicyclic amines) is 1. The summed E-state index contributed by atoms with van der Waals surface area (Å²) < 4.78 is 0. The molecule has 1 N–H and O–H groups in total. The summed E-state index contributed by atoms with van der Waals surface area (Å²) in [4.78, 5) is 13.7. The van der Waals surface area contributed by atoms with Crippen molar-refractivity contribution in [1.29, 1.82) is 0 Å². The molecule has 1 aromatic rings. The van der Waals surface area contributed by atoms with E-state index in [9.17, 15) is 9.90 Å². The molecule has 0 unspecified atom stereocenters. The van der Waals surface area contributed by atoms with Gasteiger partial charge in [-0.15, -0.1) is 0 Å². The van der Waals surface area contributed by atoms with Gasteiger partial charge in [-0.1, -0.05) is 11.6 Å². The van der Waals surface area contributed by atoms with Gasteiger partial charge in [-0.3, -0.25) is 4.79 Å². The minimum absolute atomic E-state index is 0.0712. The van der Waals surface area contributed by atoms with Crippen LogP contribution in [0.5, 0.6) is 5.75 Å². The average Bonchev–Trinajstić information content (AvgIpc) is 2.74. The zero-order chi connectivity index (χ0) is 10.8. The van der Waals surface area contributed by atoms with E-state index in [0.29, 0.717) is 10.6 Å². The molecule has 15 heavy (non-hydrogen) atoms. The Bertz CT molecular complexity index is 386. The summed E-state index contributed by atoms with van der Waals surface area (Å²) in [6.45, 7) is 1.57. The van der Waals surface area contributed by atoms with E-state index in [4.69, 9.17) is 11.6 Å². The molecule has 0 aromatic heterocycles. The van der Waals surface area contributed by atoms with Gasteiger partial charge in [-0.25, -0.2) is 0 Å². The number of carbonyl (C=O) groups is 1. The standard InChI is InChI=1S/C11H12ClNO2/c12-10-4-3-8(14)7-9(10)11(15)13-5-1-2-6-13/h3-4,7,14H,1-2,5-6H2. The molecule has 3 nitrogen and oxygen atoms in total. The molecule has 1 aromatic carbocycles. The monoisotopic (exact) mass is 225 g/mol. The number of phenols is 1. The number of amides is 1. The van der Waals surface area contributed by atoms with Gasteiger partial charge in [0, 0.05) is 13.1 Å². The van der Waals surface area contributed by atoms with Crippen molar-refractivity contribution in [3.63, 3.8) is 0 Å². The number of rotatable bonds is 1. The van der Waals surface area contributed by atoms with Crippen LogP contribution in [0.3, 0.4) is 0 Å². The lowest BCUT2D eigenvalue weighted by Crippen LogP contribution is -2.27. The zero-order valence-corrected chi connectivity index (χ0v) is 9.00. The van der Waals surface area contributed by atoms with E-state index in [-0.39, 0.29) is 11.7 Å². The fraction of sp³-hybridized carbons (Fsp3) is 0.364. The van der Waals surface area contributed by atoms with Gasteiger partial charge in [0.2, 0.25) is 0 Å². The molecular formula is C11H12ClNO2. The summed E-state index contributed by atoms with van der Waals surface area (Å²) >= 11 is 5.91. The molecule has 1 saturated heterocycles. The fourth-order valence-electron chi connectivity index (χ4n) is 1.77. The molecule has 2 rings (SSSR count). The highest BCUT2D eigenvalue weighted by atomic mass is 35.5. The third-order valence-electron chi connectivity index (χ3n) is 2.57. The predicted octanol–water partition coefficient (Wildman–Crippen LogP) is 2.28. The number of carbonyl (C=O) groups excluding carboxylic acids is 1. The van der Waals surface area contributed by atoms with E-state index in [2.05, 4.69) is 0 Å². The second-order valence-electron chi connectivity index (χ2n) is 3.66. The van der Waals surface area contributed by atoms with Crippen molar-refractivity contribution in [1.82, 2.24) is 4.90 Å². The maximum absolute atomic E-state index is 12.0. The van der Waals surface area contributed by atoms with Gasteiger partial charge < -0.3 is 10.0 Å². The molecule has 80 valence electrons. The highest BCUT2D eigenvalue weighted by Gasteiger charge is 2.21. The molecule has 1 aliphatic rings. The smallest absolute Gasteiger partial charge is 0.255 e. The van der Waals surface area contributed by atoms with Crippen molar-refractivity contribution in [2.75, 3.05) is 13.1 Å². The number of hydrogen-bond donors (Lipinski definition) is 1. The Balaban J connectivity index is 2.27. The Morgan fingerprint density at radius 3 is 2.67 bits per heavy atom. The normalized spacial score (nSPS) is 15.7. The van der Waals surface area contributed by atoms with Crippen LogP contribution >= 0.6 is 11.6 Å². The first-order valence-corrected chi connectivity index (χ1v) is 5.34. The van der Waals surface area contributed by atoms with Crippen molar-refractivity contribution in [2.24, 2.45) is 0 Å². The number of nitrogens with zero attached hydrogens (tertiary/aromatic N) is 1. The third-order valence-corrected chi connectivity index (χ3v) is 2.90. The molecule has 0 saturated carbocycles. The van der Waals surface area contributed by atoms with Crippen LogP contribution in [-0.2, 0) is 0 Å². The number of aromatic hydroxyl groups is 1. The predicted molar refractivity (Wildman–Crippen MR) is 58.3 cm³/mol. The van der Waals surface area contributed by atoms with Crippen LogP contribution < -0.4 is 0 Å². The Hall–Kier alpha value is -1.22. The van der Waals surface area contributed by atoms with Gasteiger partial charge in [0.25, 0.3) is 5.91 Å². The largest absolute Gasteiger partial charge is 0.508 e. The number of halogens is 1. The molecule has 4 heteroatoms. The van der Waals surface area contributed by atoms with Gasteiger partial charge in [0.15, 0.2) is 0 Å². The minimum atomic E-state index is -0.0894. The first kappa shape index (κ1) is 10.3. The molecule has 0 aliphatic carbocycles. The second kappa shape index (κ2) is 4.11. The van der Waals surface area contributed by atoms with Crippen molar-refractivity contribution < 1.29 is 9.90 Å². The lowest BCUT2D eigenvalue weighted by Gasteiger charge is -2.15. The number of benzene rings is 1. The molecule has 1 amide bonds. The fourth-order valence-corrected chi connectivity index (χ4v) is 1.97. The Morgan fingerprint density at radius 2 is 2.00 bits per heavy atom. The minimum Gasteiger partial charge on any atom is -0.508 e. The first-order chi connectivity index (χ1) is 7.18. The van der Waals surface area contributed by atoms with Crippen molar-refractivity contribution in [2.45, 2.75) is 12.8 Å². The van der Waals surface area contributed by atoms with Crippen LogP contribution in [0.1, 0.15) is 23.2 Å². The molecular weight excluding hydrogens is 214 g/mol. The van der Waals surface area contributed by atoms with Gasteiger partial charge >= 0.3 is 0 Å². The Labute approximate surface area is 93.3 Å². The summed E-state index contributed by atoms with van der Waals surface area (Å²) in [7, 11) is 0. The molecule has 1 aliphatic heterocycles. The van der Waals surface area contributed by atoms with Crippen LogP contribution in [0.25, 0.3) is 0 Å². The highest BCUT2D eigenvalue weighted by molar-refractivity contribution is 6.33. The van der Waals surface area contributed by atoms with Crippen molar-refractivity contribution >= 4 is 17.5 Å². The summed E-state index contributed by atoms with van der Waals surface area (Å²) in [5.41, 5.74) is 0.388. The molecule has 1 fully saturated rings. The van der Waals surface area contributed by atoms with E-state index in [0.717, 1.165) is 25.9 Å². The lowest BCUT2D eigenvalue weighted by molar-refractivity contribution is 0.0792. The summed E-state index contributed by atoms with van der Waals surface area (Å²) in [5, 5.41) is 9.69. The van der Waals surface area contributed by atoms with E-state index in [1.165, 1.54) is 12.1 Å². The van der Waals surface area contributed by atoms with Crippen molar-refractivity contribution in [3.05, 3.63) is 28.8 Å². The van der Waals surface area contributed by atoms with Crippen LogP contribution in [0.15, 0.2) is 18.2 Å².